The number of carbonyl (C=O) groups excluding carboxylic acids is 1. The number of esters is 1. The normalized spacial score (nSPS) is 42.6. The predicted octanol–water partition coefficient (Wildman–Crippen LogP) is 6.62. The van der Waals surface area contributed by atoms with E-state index in [-0.39, 0.29) is 22.4 Å². The van der Waals surface area contributed by atoms with Gasteiger partial charge in [0, 0.05) is 11.3 Å². The van der Waals surface area contributed by atoms with Gasteiger partial charge in [-0.2, -0.15) is 0 Å². The van der Waals surface area contributed by atoms with Gasteiger partial charge >= 0.3 is 5.97 Å². The second-order valence-electron chi connectivity index (χ2n) is 11.2. The molecule has 4 aliphatic carbocycles. The molecule has 27 heavy (non-hydrogen) atoms. The van der Waals surface area contributed by atoms with Gasteiger partial charge < -0.3 is 4.74 Å². The number of hydrogen-bond donors (Lipinski definition) is 0. The minimum Gasteiger partial charge on any atom is -0.458 e. The summed E-state index contributed by atoms with van der Waals surface area (Å²) >= 11 is 0. The summed E-state index contributed by atoms with van der Waals surface area (Å²) in [6.45, 7) is 13.3. The number of hydrogen-bond acceptors (Lipinski definition) is 2. The van der Waals surface area contributed by atoms with E-state index in [2.05, 4.69) is 41.5 Å². The lowest BCUT2D eigenvalue weighted by Gasteiger charge is -2.56. The predicted molar refractivity (Wildman–Crippen MR) is 110 cm³/mol. The Labute approximate surface area is 167 Å². The highest BCUT2D eigenvalue weighted by Gasteiger charge is 2.72. The van der Waals surface area contributed by atoms with Gasteiger partial charge in [-0.25, -0.2) is 0 Å². The third-order valence-corrected chi connectivity index (χ3v) is 10.4. The minimum atomic E-state index is -0.371. The van der Waals surface area contributed by atoms with E-state index in [1.165, 1.54) is 25.7 Å². The SMILES string of the molecule is CCC(C)(C)C(=O)OC1(C(CC)(CC)CC)CC2CC1C1C3CCC(C3)C21. The molecule has 4 bridgehead atoms. The first-order valence-electron chi connectivity index (χ1n) is 12.0. The molecule has 0 aromatic heterocycles. The van der Waals surface area contributed by atoms with Crippen LogP contribution in [0.1, 0.15) is 99.3 Å². The Morgan fingerprint density at radius 2 is 1.48 bits per heavy atom. The molecule has 4 fully saturated rings. The van der Waals surface area contributed by atoms with E-state index in [1.54, 1.807) is 0 Å². The van der Waals surface area contributed by atoms with Crippen LogP contribution < -0.4 is 0 Å². The average Bonchev–Trinajstić information content (AvgIpc) is 3.42. The van der Waals surface area contributed by atoms with Crippen molar-refractivity contribution in [2.45, 2.75) is 105 Å². The summed E-state index contributed by atoms with van der Waals surface area (Å²) in [7, 11) is 0. The lowest BCUT2D eigenvalue weighted by Crippen LogP contribution is -2.59. The molecular formula is C25H42O2. The molecule has 7 atom stereocenters. The zero-order chi connectivity index (χ0) is 19.6. The lowest BCUT2D eigenvalue weighted by atomic mass is 9.54. The van der Waals surface area contributed by atoms with Gasteiger partial charge in [-0.05, 0) is 101 Å². The molecule has 0 heterocycles. The van der Waals surface area contributed by atoms with Crippen molar-refractivity contribution >= 4 is 5.97 Å². The van der Waals surface area contributed by atoms with Crippen LogP contribution in [0.3, 0.4) is 0 Å². The maximum Gasteiger partial charge on any atom is 0.312 e. The smallest absolute Gasteiger partial charge is 0.312 e. The van der Waals surface area contributed by atoms with Crippen molar-refractivity contribution in [2.24, 2.45) is 46.3 Å². The number of fused-ring (bicyclic) bond motifs is 9. The highest BCUT2D eigenvalue weighted by Crippen LogP contribution is 2.74. The van der Waals surface area contributed by atoms with E-state index in [9.17, 15) is 4.79 Å². The summed E-state index contributed by atoms with van der Waals surface area (Å²) in [5.41, 5.74) is -0.423. The summed E-state index contributed by atoms with van der Waals surface area (Å²) in [5.74, 6) is 5.24. The molecule has 2 heteroatoms. The van der Waals surface area contributed by atoms with Crippen LogP contribution in [0, 0.1) is 46.3 Å². The summed E-state index contributed by atoms with van der Waals surface area (Å²) < 4.78 is 6.80. The zero-order valence-electron chi connectivity index (χ0n) is 18.6. The van der Waals surface area contributed by atoms with Gasteiger partial charge in [0.25, 0.3) is 0 Å². The molecule has 4 aliphatic rings. The Kier molecular flexibility index (Phi) is 4.75. The van der Waals surface area contributed by atoms with Crippen LogP contribution in [0.4, 0.5) is 0 Å². The first-order chi connectivity index (χ1) is 12.8. The maximum absolute atomic E-state index is 13.4. The summed E-state index contributed by atoms with van der Waals surface area (Å²) in [6, 6.07) is 0. The zero-order valence-corrected chi connectivity index (χ0v) is 18.6. The molecule has 4 saturated carbocycles. The fourth-order valence-corrected chi connectivity index (χ4v) is 8.51. The molecule has 0 N–H and O–H groups in total. The Morgan fingerprint density at radius 1 is 0.889 bits per heavy atom. The Balaban J connectivity index is 1.74. The van der Waals surface area contributed by atoms with Crippen molar-refractivity contribution in [2.75, 3.05) is 0 Å². The highest BCUT2D eigenvalue weighted by atomic mass is 16.6. The van der Waals surface area contributed by atoms with E-state index in [1.807, 2.05) is 0 Å². The maximum atomic E-state index is 13.4. The van der Waals surface area contributed by atoms with E-state index in [4.69, 9.17) is 4.74 Å². The van der Waals surface area contributed by atoms with Crippen LogP contribution in [0.25, 0.3) is 0 Å². The van der Waals surface area contributed by atoms with E-state index >= 15 is 0 Å². The highest BCUT2D eigenvalue weighted by molar-refractivity contribution is 5.76. The van der Waals surface area contributed by atoms with Gasteiger partial charge in [-0.3, -0.25) is 4.79 Å². The minimum absolute atomic E-state index is 0.0666. The molecule has 0 aliphatic heterocycles. The molecule has 7 unspecified atom stereocenters. The molecular weight excluding hydrogens is 332 g/mol. The molecule has 4 rings (SSSR count). The van der Waals surface area contributed by atoms with Gasteiger partial charge in [0.05, 0.1) is 5.41 Å². The second kappa shape index (κ2) is 6.49. The third kappa shape index (κ3) is 2.46. The van der Waals surface area contributed by atoms with Crippen molar-refractivity contribution in [3.05, 3.63) is 0 Å². The quantitative estimate of drug-likeness (QED) is 0.369. The third-order valence-electron chi connectivity index (χ3n) is 10.4. The van der Waals surface area contributed by atoms with Crippen LogP contribution in [0.5, 0.6) is 0 Å². The summed E-state index contributed by atoms with van der Waals surface area (Å²) in [4.78, 5) is 13.4. The molecule has 0 radical (unpaired) electrons. The fraction of sp³-hybridized carbons (Fsp3) is 0.960. The van der Waals surface area contributed by atoms with E-state index in [0.717, 1.165) is 61.7 Å². The van der Waals surface area contributed by atoms with Crippen molar-refractivity contribution in [1.29, 1.82) is 0 Å². The number of ether oxygens (including phenoxy) is 1. The van der Waals surface area contributed by atoms with Gasteiger partial charge in [-0.15, -0.1) is 0 Å². The van der Waals surface area contributed by atoms with E-state index < -0.39 is 0 Å². The fourth-order valence-electron chi connectivity index (χ4n) is 8.51. The van der Waals surface area contributed by atoms with Crippen molar-refractivity contribution < 1.29 is 9.53 Å². The van der Waals surface area contributed by atoms with Crippen molar-refractivity contribution in [3.63, 3.8) is 0 Å². The van der Waals surface area contributed by atoms with Crippen molar-refractivity contribution in [1.82, 2.24) is 0 Å². The largest absolute Gasteiger partial charge is 0.458 e. The number of carbonyl (C=O) groups is 1. The first-order valence-corrected chi connectivity index (χ1v) is 12.0. The molecule has 0 aromatic carbocycles. The second-order valence-corrected chi connectivity index (χ2v) is 11.2. The van der Waals surface area contributed by atoms with Gasteiger partial charge in [-0.1, -0.05) is 27.7 Å². The molecule has 0 aromatic rings. The Hall–Kier alpha value is -0.530. The van der Waals surface area contributed by atoms with Crippen LogP contribution in [0.15, 0.2) is 0 Å². The lowest BCUT2D eigenvalue weighted by molar-refractivity contribution is -0.213. The van der Waals surface area contributed by atoms with Crippen LogP contribution in [-0.4, -0.2) is 11.6 Å². The molecule has 2 nitrogen and oxygen atoms in total. The summed E-state index contributed by atoms with van der Waals surface area (Å²) in [6.07, 6.45) is 11.1. The number of rotatable bonds is 7. The molecule has 0 amide bonds. The average molecular weight is 375 g/mol. The standard InChI is InChI=1S/C25H42O2/c1-7-23(5,6)22(26)27-25(24(8-2,9-3)10-4)15-18-14-19(25)21-17-12-11-16(13-17)20(18)21/h16-21H,7-15H2,1-6H3. The molecule has 0 saturated heterocycles. The molecule has 0 spiro atoms. The monoisotopic (exact) mass is 374 g/mol. The van der Waals surface area contributed by atoms with E-state index in [0.29, 0.717) is 5.92 Å². The van der Waals surface area contributed by atoms with Gasteiger partial charge in [0.15, 0.2) is 0 Å². The first kappa shape index (κ1) is 19.8. The van der Waals surface area contributed by atoms with Crippen LogP contribution in [0.2, 0.25) is 0 Å². The van der Waals surface area contributed by atoms with Gasteiger partial charge in [0.1, 0.15) is 5.60 Å². The summed E-state index contributed by atoms with van der Waals surface area (Å²) in [5, 5.41) is 0. The Bertz CT molecular complexity index is 581. The Morgan fingerprint density at radius 3 is 2.04 bits per heavy atom. The van der Waals surface area contributed by atoms with Crippen LogP contribution in [-0.2, 0) is 9.53 Å². The van der Waals surface area contributed by atoms with Gasteiger partial charge in [0.2, 0.25) is 0 Å². The van der Waals surface area contributed by atoms with Crippen molar-refractivity contribution in [3.8, 4) is 0 Å². The topological polar surface area (TPSA) is 26.3 Å². The molecule has 154 valence electrons. The van der Waals surface area contributed by atoms with Crippen LogP contribution >= 0.6 is 0 Å².